The molecule has 0 saturated carbocycles. The molecule has 0 saturated heterocycles. The Morgan fingerprint density at radius 3 is 2.28 bits per heavy atom. The number of aryl methyl sites for hydroxylation is 1. The molecule has 1 aliphatic heterocycles. The van der Waals surface area contributed by atoms with E-state index in [-0.39, 0.29) is 28.6 Å². The van der Waals surface area contributed by atoms with Crippen LogP contribution in [0.25, 0.3) is 0 Å². The van der Waals surface area contributed by atoms with Crippen LogP contribution in [-0.2, 0) is 14.8 Å². The van der Waals surface area contributed by atoms with Crippen molar-refractivity contribution >= 4 is 27.3 Å². The van der Waals surface area contributed by atoms with Crippen LogP contribution in [0.5, 0.6) is 17.2 Å². The van der Waals surface area contributed by atoms with Gasteiger partial charge in [-0.25, -0.2) is 8.42 Å². The van der Waals surface area contributed by atoms with Crippen molar-refractivity contribution in [3.05, 3.63) is 72.3 Å². The van der Waals surface area contributed by atoms with Gasteiger partial charge in [-0.1, -0.05) is 6.07 Å². The van der Waals surface area contributed by atoms with Gasteiger partial charge >= 0.3 is 6.36 Å². The van der Waals surface area contributed by atoms with E-state index in [0.717, 1.165) is 22.0 Å². The molecule has 1 aliphatic rings. The maximum Gasteiger partial charge on any atom is 0.573 e. The van der Waals surface area contributed by atoms with Crippen LogP contribution in [0.2, 0.25) is 0 Å². The first kappa shape index (κ1) is 25.2. The number of halogens is 3. The van der Waals surface area contributed by atoms with Crippen LogP contribution < -0.4 is 23.8 Å². The summed E-state index contributed by atoms with van der Waals surface area (Å²) in [5.74, 6) is -0.454. The molecule has 1 amide bonds. The number of sulfonamides is 1. The van der Waals surface area contributed by atoms with Gasteiger partial charge in [0.05, 0.1) is 24.2 Å². The lowest BCUT2D eigenvalue weighted by atomic mass is 10.1. The first-order valence-electron chi connectivity index (χ1n) is 10.6. The summed E-state index contributed by atoms with van der Waals surface area (Å²) in [7, 11) is -2.62. The number of nitrogens with zero attached hydrogens (tertiary/aromatic N) is 1. The fraction of sp³-hybridized carbons (Fsp3) is 0.208. The van der Waals surface area contributed by atoms with Crippen molar-refractivity contribution in [1.29, 1.82) is 0 Å². The molecule has 0 unspecified atom stereocenters. The van der Waals surface area contributed by atoms with Crippen molar-refractivity contribution < 1.29 is 40.6 Å². The van der Waals surface area contributed by atoms with E-state index in [1.807, 2.05) is 0 Å². The Morgan fingerprint density at radius 2 is 1.67 bits per heavy atom. The molecule has 0 aromatic heterocycles. The zero-order valence-corrected chi connectivity index (χ0v) is 19.9. The maximum absolute atomic E-state index is 13.5. The minimum Gasteiger partial charge on any atom is -0.497 e. The molecule has 4 rings (SSSR count). The molecule has 0 spiro atoms. The summed E-state index contributed by atoms with van der Waals surface area (Å²) in [4.78, 5) is 13.0. The van der Waals surface area contributed by atoms with E-state index in [9.17, 15) is 26.4 Å². The first-order valence-corrected chi connectivity index (χ1v) is 12.0. The fourth-order valence-electron chi connectivity index (χ4n) is 3.56. The van der Waals surface area contributed by atoms with Gasteiger partial charge in [0.15, 0.2) is 6.10 Å². The molecule has 0 bridgehead atoms. The number of alkyl halides is 3. The van der Waals surface area contributed by atoms with Crippen molar-refractivity contribution in [2.24, 2.45) is 0 Å². The van der Waals surface area contributed by atoms with Crippen molar-refractivity contribution in [1.82, 2.24) is 0 Å². The molecule has 0 fully saturated rings. The molecule has 1 heterocycles. The number of amides is 1. The molecule has 12 heteroatoms. The van der Waals surface area contributed by atoms with Crippen LogP contribution in [0, 0.1) is 6.92 Å². The standard InChI is InChI=1S/C24H21F3N2O6S/c1-15-3-12-21-20(13-15)29(36(31,32)19-10-8-17(33-2)9-11-19)14-22(34-21)23(30)28-16-4-6-18(7-5-16)35-24(25,26)27/h3-13,22H,14H2,1-2H3,(H,28,30)/t22-/m1/s1. The van der Waals surface area contributed by atoms with Crippen LogP contribution in [-0.4, -0.2) is 40.4 Å². The summed E-state index contributed by atoms with van der Waals surface area (Å²) in [5, 5.41) is 2.53. The van der Waals surface area contributed by atoms with Crippen LogP contribution in [0.1, 0.15) is 5.56 Å². The second-order valence-corrected chi connectivity index (χ2v) is 9.71. The summed E-state index contributed by atoms with van der Waals surface area (Å²) < 4.78 is 80.0. The molecule has 1 N–H and O–H groups in total. The second kappa shape index (κ2) is 9.61. The number of ether oxygens (including phenoxy) is 3. The molecular weight excluding hydrogens is 501 g/mol. The van der Waals surface area contributed by atoms with Gasteiger partial charge in [-0.15, -0.1) is 13.2 Å². The average Bonchev–Trinajstić information content (AvgIpc) is 2.83. The Hall–Kier alpha value is -3.93. The van der Waals surface area contributed by atoms with Gasteiger partial charge in [0, 0.05) is 5.69 Å². The van der Waals surface area contributed by atoms with Crippen molar-refractivity contribution in [3.63, 3.8) is 0 Å². The number of anilines is 2. The van der Waals surface area contributed by atoms with Crippen molar-refractivity contribution in [2.45, 2.75) is 24.3 Å². The molecule has 3 aromatic rings. The molecular formula is C24H21F3N2O6S. The first-order chi connectivity index (χ1) is 17.0. The number of carbonyl (C=O) groups is 1. The van der Waals surface area contributed by atoms with Crippen molar-refractivity contribution in [3.8, 4) is 17.2 Å². The number of benzene rings is 3. The summed E-state index contributed by atoms with van der Waals surface area (Å²) >= 11 is 0. The summed E-state index contributed by atoms with van der Waals surface area (Å²) in [5.41, 5.74) is 1.25. The number of rotatable bonds is 6. The number of hydrogen-bond acceptors (Lipinski definition) is 6. The number of methoxy groups -OCH3 is 1. The quantitative estimate of drug-likeness (QED) is 0.513. The largest absolute Gasteiger partial charge is 0.573 e. The Kier molecular flexibility index (Phi) is 6.72. The van der Waals surface area contributed by atoms with Gasteiger partial charge in [-0.2, -0.15) is 0 Å². The maximum atomic E-state index is 13.5. The van der Waals surface area contributed by atoms with Gasteiger partial charge in [0.1, 0.15) is 17.2 Å². The number of carbonyl (C=O) groups excluding carboxylic acids is 1. The predicted molar refractivity (Wildman–Crippen MR) is 125 cm³/mol. The lowest BCUT2D eigenvalue weighted by Crippen LogP contribution is -2.48. The molecule has 1 atom stereocenters. The normalized spacial score (nSPS) is 15.5. The highest BCUT2D eigenvalue weighted by atomic mass is 32.2. The van der Waals surface area contributed by atoms with Gasteiger partial charge in [0.2, 0.25) is 0 Å². The van der Waals surface area contributed by atoms with Crippen LogP contribution in [0.15, 0.2) is 71.6 Å². The Morgan fingerprint density at radius 1 is 1.03 bits per heavy atom. The minimum absolute atomic E-state index is 0.00272. The Balaban J connectivity index is 1.59. The minimum atomic E-state index is -4.84. The highest BCUT2D eigenvalue weighted by molar-refractivity contribution is 7.92. The Bertz CT molecular complexity index is 1360. The van der Waals surface area contributed by atoms with E-state index in [1.165, 1.54) is 43.5 Å². The Labute approximate surface area is 205 Å². The molecule has 8 nitrogen and oxygen atoms in total. The third kappa shape index (κ3) is 5.48. The third-order valence-electron chi connectivity index (χ3n) is 5.28. The lowest BCUT2D eigenvalue weighted by molar-refractivity contribution is -0.274. The van der Waals surface area contributed by atoms with Crippen LogP contribution in [0.3, 0.4) is 0 Å². The van der Waals surface area contributed by atoms with E-state index in [2.05, 4.69) is 10.1 Å². The third-order valence-corrected chi connectivity index (χ3v) is 7.07. The topological polar surface area (TPSA) is 94.2 Å². The van der Waals surface area contributed by atoms with Gasteiger partial charge in [0.25, 0.3) is 15.9 Å². The zero-order valence-electron chi connectivity index (χ0n) is 19.1. The highest BCUT2D eigenvalue weighted by Gasteiger charge is 2.38. The van der Waals surface area contributed by atoms with Crippen LogP contribution in [0.4, 0.5) is 24.5 Å². The second-order valence-electron chi connectivity index (χ2n) is 7.85. The molecule has 36 heavy (non-hydrogen) atoms. The van der Waals surface area contributed by atoms with Crippen LogP contribution >= 0.6 is 0 Å². The number of nitrogens with one attached hydrogen (secondary N) is 1. The fourth-order valence-corrected chi connectivity index (χ4v) is 5.03. The average molecular weight is 523 g/mol. The van der Waals surface area contributed by atoms with E-state index < -0.39 is 34.1 Å². The predicted octanol–water partition coefficient (Wildman–Crippen LogP) is 4.50. The van der Waals surface area contributed by atoms with Gasteiger partial charge in [-0.3, -0.25) is 9.10 Å². The van der Waals surface area contributed by atoms with Gasteiger partial charge in [-0.05, 0) is 73.2 Å². The van der Waals surface area contributed by atoms with E-state index in [4.69, 9.17) is 9.47 Å². The monoisotopic (exact) mass is 522 g/mol. The summed E-state index contributed by atoms with van der Waals surface area (Å²) in [6.07, 6.45) is -6.08. The van der Waals surface area contributed by atoms with E-state index in [1.54, 1.807) is 25.1 Å². The smallest absolute Gasteiger partial charge is 0.497 e. The molecule has 0 radical (unpaired) electrons. The highest BCUT2D eigenvalue weighted by Crippen LogP contribution is 2.38. The van der Waals surface area contributed by atoms with Crippen molar-refractivity contribution in [2.75, 3.05) is 23.3 Å². The SMILES string of the molecule is COc1ccc(S(=O)(=O)N2C[C@H](C(=O)Nc3ccc(OC(F)(F)F)cc3)Oc3ccc(C)cc32)cc1. The summed E-state index contributed by atoms with van der Waals surface area (Å²) in [6, 6.07) is 15.3. The van der Waals surface area contributed by atoms with E-state index >= 15 is 0 Å². The molecule has 190 valence electrons. The molecule has 0 aliphatic carbocycles. The lowest BCUT2D eigenvalue weighted by Gasteiger charge is -2.35. The number of hydrogen-bond donors (Lipinski definition) is 1. The molecule has 3 aromatic carbocycles. The number of fused-ring (bicyclic) bond motifs is 1. The zero-order chi connectivity index (χ0) is 26.1. The summed E-state index contributed by atoms with van der Waals surface area (Å²) in [6.45, 7) is 1.47. The van der Waals surface area contributed by atoms with Gasteiger partial charge < -0.3 is 19.5 Å². The van der Waals surface area contributed by atoms with E-state index in [0.29, 0.717) is 5.75 Å².